The van der Waals surface area contributed by atoms with Crippen LogP contribution in [0.3, 0.4) is 0 Å². The number of aryl methyl sites for hydroxylation is 1. The SMILES string of the molecule is CCC(C)NC(=O)CNC(=O)c1ccc(C)s1. The average molecular weight is 254 g/mol. The highest BCUT2D eigenvalue weighted by atomic mass is 32.1. The maximum atomic E-state index is 11.6. The van der Waals surface area contributed by atoms with Crippen LogP contribution in [-0.2, 0) is 4.79 Å². The van der Waals surface area contributed by atoms with Gasteiger partial charge in [0.1, 0.15) is 0 Å². The number of rotatable bonds is 5. The number of hydrogen-bond acceptors (Lipinski definition) is 3. The van der Waals surface area contributed by atoms with Crippen LogP contribution in [0.15, 0.2) is 12.1 Å². The van der Waals surface area contributed by atoms with Gasteiger partial charge in [-0.1, -0.05) is 6.92 Å². The first-order valence-corrected chi connectivity index (χ1v) is 6.48. The summed E-state index contributed by atoms with van der Waals surface area (Å²) in [5, 5.41) is 5.39. The fraction of sp³-hybridized carbons (Fsp3) is 0.500. The highest BCUT2D eigenvalue weighted by Crippen LogP contribution is 2.14. The van der Waals surface area contributed by atoms with Crippen molar-refractivity contribution in [3.05, 3.63) is 21.9 Å². The molecule has 5 heteroatoms. The minimum atomic E-state index is -0.192. The normalized spacial score (nSPS) is 11.9. The Hall–Kier alpha value is -1.36. The van der Waals surface area contributed by atoms with Crippen LogP contribution in [0, 0.1) is 6.92 Å². The number of amides is 2. The summed E-state index contributed by atoms with van der Waals surface area (Å²) in [5.74, 6) is -0.344. The molecule has 1 rings (SSSR count). The Morgan fingerprint density at radius 1 is 1.41 bits per heavy atom. The molecule has 1 aromatic rings. The Labute approximate surface area is 105 Å². The quantitative estimate of drug-likeness (QED) is 0.840. The first kappa shape index (κ1) is 13.7. The third-order valence-corrected chi connectivity index (χ3v) is 3.39. The molecule has 2 amide bonds. The van der Waals surface area contributed by atoms with Gasteiger partial charge in [0.15, 0.2) is 0 Å². The van der Waals surface area contributed by atoms with Gasteiger partial charge < -0.3 is 10.6 Å². The van der Waals surface area contributed by atoms with Crippen LogP contribution in [-0.4, -0.2) is 24.4 Å². The summed E-state index contributed by atoms with van der Waals surface area (Å²) < 4.78 is 0. The zero-order valence-electron chi connectivity index (χ0n) is 10.4. The van der Waals surface area contributed by atoms with Crippen molar-refractivity contribution in [3.8, 4) is 0 Å². The largest absolute Gasteiger partial charge is 0.352 e. The number of nitrogens with one attached hydrogen (secondary N) is 2. The molecule has 17 heavy (non-hydrogen) atoms. The van der Waals surface area contributed by atoms with Gasteiger partial charge in [-0.05, 0) is 32.4 Å². The molecular weight excluding hydrogens is 236 g/mol. The van der Waals surface area contributed by atoms with Gasteiger partial charge in [0.2, 0.25) is 5.91 Å². The fourth-order valence-electron chi connectivity index (χ4n) is 1.23. The molecule has 0 aliphatic carbocycles. The monoisotopic (exact) mass is 254 g/mol. The molecule has 0 aliphatic rings. The lowest BCUT2D eigenvalue weighted by atomic mass is 10.2. The van der Waals surface area contributed by atoms with Gasteiger partial charge in [-0.25, -0.2) is 0 Å². The molecule has 1 atom stereocenters. The number of carbonyl (C=O) groups is 2. The lowest BCUT2D eigenvalue weighted by Crippen LogP contribution is -2.40. The fourth-order valence-corrected chi connectivity index (χ4v) is 2.02. The lowest BCUT2D eigenvalue weighted by Gasteiger charge is -2.11. The molecule has 0 saturated heterocycles. The Balaban J connectivity index is 2.36. The van der Waals surface area contributed by atoms with Gasteiger partial charge in [0.05, 0.1) is 11.4 Å². The molecule has 0 saturated carbocycles. The van der Waals surface area contributed by atoms with Crippen molar-refractivity contribution < 1.29 is 9.59 Å². The zero-order valence-corrected chi connectivity index (χ0v) is 11.2. The summed E-state index contributed by atoms with van der Waals surface area (Å²) in [7, 11) is 0. The molecule has 0 fully saturated rings. The molecule has 0 aliphatic heterocycles. The third-order valence-electron chi connectivity index (χ3n) is 2.39. The highest BCUT2D eigenvalue weighted by molar-refractivity contribution is 7.13. The summed E-state index contributed by atoms with van der Waals surface area (Å²) in [6.45, 7) is 5.90. The second-order valence-electron chi connectivity index (χ2n) is 3.97. The van der Waals surface area contributed by atoms with E-state index in [9.17, 15) is 9.59 Å². The molecule has 2 N–H and O–H groups in total. The van der Waals surface area contributed by atoms with Gasteiger partial charge in [0, 0.05) is 10.9 Å². The molecule has 0 bridgehead atoms. The lowest BCUT2D eigenvalue weighted by molar-refractivity contribution is -0.120. The smallest absolute Gasteiger partial charge is 0.261 e. The van der Waals surface area contributed by atoms with E-state index in [0.29, 0.717) is 4.88 Å². The summed E-state index contributed by atoms with van der Waals surface area (Å²) in [5.41, 5.74) is 0. The minimum absolute atomic E-state index is 0.0279. The minimum Gasteiger partial charge on any atom is -0.352 e. The molecule has 94 valence electrons. The van der Waals surface area contributed by atoms with Crippen LogP contribution in [0.1, 0.15) is 34.8 Å². The molecule has 4 nitrogen and oxygen atoms in total. The molecular formula is C12H18N2O2S. The Morgan fingerprint density at radius 2 is 2.12 bits per heavy atom. The van der Waals surface area contributed by atoms with Crippen molar-refractivity contribution >= 4 is 23.2 Å². The molecule has 0 radical (unpaired) electrons. The Bertz CT molecular complexity index is 401. The van der Waals surface area contributed by atoms with Crippen LogP contribution in [0.5, 0.6) is 0 Å². The van der Waals surface area contributed by atoms with Gasteiger partial charge in [-0.3, -0.25) is 9.59 Å². The van der Waals surface area contributed by atoms with Crippen LogP contribution in [0.25, 0.3) is 0 Å². The van der Waals surface area contributed by atoms with Gasteiger partial charge >= 0.3 is 0 Å². The van der Waals surface area contributed by atoms with Crippen molar-refractivity contribution in [1.82, 2.24) is 10.6 Å². The molecule has 0 spiro atoms. The van der Waals surface area contributed by atoms with Crippen LogP contribution in [0.4, 0.5) is 0 Å². The Morgan fingerprint density at radius 3 is 2.65 bits per heavy atom. The van der Waals surface area contributed by atoms with Crippen LogP contribution < -0.4 is 10.6 Å². The first-order chi connectivity index (χ1) is 8.02. The zero-order chi connectivity index (χ0) is 12.8. The van der Waals surface area contributed by atoms with Gasteiger partial charge in [-0.2, -0.15) is 0 Å². The summed E-state index contributed by atoms with van der Waals surface area (Å²) in [6, 6.07) is 3.80. The standard InChI is InChI=1S/C12H18N2O2S/c1-4-8(2)14-11(15)7-13-12(16)10-6-5-9(3)17-10/h5-6,8H,4,7H2,1-3H3,(H,13,16)(H,14,15). The maximum absolute atomic E-state index is 11.6. The van der Waals surface area contributed by atoms with E-state index < -0.39 is 0 Å². The second kappa shape index (κ2) is 6.39. The van der Waals surface area contributed by atoms with Crippen LogP contribution >= 0.6 is 11.3 Å². The van der Waals surface area contributed by atoms with Crippen molar-refractivity contribution in [1.29, 1.82) is 0 Å². The topological polar surface area (TPSA) is 58.2 Å². The van der Waals surface area contributed by atoms with E-state index in [-0.39, 0.29) is 24.4 Å². The average Bonchev–Trinajstić information content (AvgIpc) is 2.72. The number of thiophene rings is 1. The van der Waals surface area contributed by atoms with E-state index in [0.717, 1.165) is 11.3 Å². The second-order valence-corrected chi connectivity index (χ2v) is 5.26. The Kier molecular flexibility index (Phi) is 5.15. The maximum Gasteiger partial charge on any atom is 0.261 e. The first-order valence-electron chi connectivity index (χ1n) is 5.67. The van der Waals surface area contributed by atoms with Crippen LogP contribution in [0.2, 0.25) is 0 Å². The predicted octanol–water partition coefficient (Wildman–Crippen LogP) is 1.70. The molecule has 0 aromatic carbocycles. The van der Waals surface area contributed by atoms with E-state index in [4.69, 9.17) is 0 Å². The van der Waals surface area contributed by atoms with Gasteiger partial charge in [0.25, 0.3) is 5.91 Å². The van der Waals surface area contributed by atoms with E-state index in [1.807, 2.05) is 26.8 Å². The van der Waals surface area contributed by atoms with E-state index >= 15 is 0 Å². The predicted molar refractivity (Wildman–Crippen MR) is 69.3 cm³/mol. The van der Waals surface area contributed by atoms with E-state index in [2.05, 4.69) is 10.6 Å². The van der Waals surface area contributed by atoms with Gasteiger partial charge in [-0.15, -0.1) is 11.3 Å². The third kappa shape index (κ3) is 4.56. The van der Waals surface area contributed by atoms with E-state index in [1.54, 1.807) is 6.07 Å². The molecule has 1 unspecified atom stereocenters. The number of carbonyl (C=O) groups excluding carboxylic acids is 2. The highest BCUT2D eigenvalue weighted by Gasteiger charge is 2.10. The van der Waals surface area contributed by atoms with E-state index in [1.165, 1.54) is 11.3 Å². The molecule has 1 heterocycles. The van der Waals surface area contributed by atoms with Crippen molar-refractivity contribution in [2.24, 2.45) is 0 Å². The molecule has 1 aromatic heterocycles. The van der Waals surface area contributed by atoms with Crippen molar-refractivity contribution in [2.45, 2.75) is 33.2 Å². The summed E-state index contributed by atoms with van der Waals surface area (Å²) in [6.07, 6.45) is 0.879. The summed E-state index contributed by atoms with van der Waals surface area (Å²) in [4.78, 5) is 24.8. The number of hydrogen-bond donors (Lipinski definition) is 2. The van der Waals surface area contributed by atoms with Crippen molar-refractivity contribution in [2.75, 3.05) is 6.54 Å². The van der Waals surface area contributed by atoms with Crippen molar-refractivity contribution in [3.63, 3.8) is 0 Å². The summed E-state index contributed by atoms with van der Waals surface area (Å²) >= 11 is 1.42.